The van der Waals surface area contributed by atoms with Crippen LogP contribution in [0, 0.1) is 6.92 Å². The van der Waals surface area contributed by atoms with Gasteiger partial charge in [-0.2, -0.15) is 0 Å². The van der Waals surface area contributed by atoms with E-state index in [0.29, 0.717) is 30.0 Å². The zero-order chi connectivity index (χ0) is 23.7. The van der Waals surface area contributed by atoms with Gasteiger partial charge in [-0.1, -0.05) is 30.3 Å². The number of aromatic nitrogens is 4. The molecule has 1 aliphatic heterocycles. The Morgan fingerprint density at radius 1 is 1.26 bits per heavy atom. The van der Waals surface area contributed by atoms with Crippen LogP contribution in [-0.2, 0) is 12.0 Å². The highest BCUT2D eigenvalue weighted by Crippen LogP contribution is 2.35. The molecule has 34 heavy (non-hydrogen) atoms. The van der Waals surface area contributed by atoms with Crippen LogP contribution in [0.4, 0.5) is 0 Å². The van der Waals surface area contributed by atoms with Crippen molar-refractivity contribution in [3.63, 3.8) is 0 Å². The Kier molecular flexibility index (Phi) is 5.97. The van der Waals surface area contributed by atoms with Crippen molar-refractivity contribution >= 4 is 17.2 Å². The number of carbonyl (C=O) groups excluding carboxylic acids is 1. The Morgan fingerprint density at radius 3 is 2.85 bits per heavy atom. The molecule has 0 radical (unpaired) electrons. The Morgan fingerprint density at radius 2 is 2.09 bits per heavy atom. The van der Waals surface area contributed by atoms with Gasteiger partial charge in [0.05, 0.1) is 22.7 Å². The summed E-state index contributed by atoms with van der Waals surface area (Å²) in [6.45, 7) is 4.53. The van der Waals surface area contributed by atoms with E-state index >= 15 is 0 Å². The molecule has 174 valence electrons. The Labute approximate surface area is 201 Å². The molecule has 1 saturated heterocycles. The van der Waals surface area contributed by atoms with Crippen LogP contribution in [-0.4, -0.2) is 37.5 Å². The number of hydrogen-bond acceptors (Lipinski definition) is 8. The van der Waals surface area contributed by atoms with Crippen LogP contribution >= 0.6 is 11.3 Å². The highest BCUT2D eigenvalue weighted by molar-refractivity contribution is 7.09. The molecule has 2 atom stereocenters. The minimum absolute atomic E-state index is 0.000739. The molecular formula is C25H26N6O2S. The molecule has 1 amide bonds. The fourth-order valence-electron chi connectivity index (χ4n) is 4.30. The van der Waals surface area contributed by atoms with Gasteiger partial charge in [0.15, 0.2) is 0 Å². The maximum absolute atomic E-state index is 13.4. The largest absolute Gasteiger partial charge is 0.419 e. The number of carbonyl (C=O) groups is 1. The summed E-state index contributed by atoms with van der Waals surface area (Å²) in [5.74, 6) is 0.550. The number of nitrogens with zero attached hydrogens (tertiary/aromatic N) is 5. The molecule has 2 N–H and O–H groups in total. The molecule has 5 rings (SSSR count). The highest BCUT2D eigenvalue weighted by Gasteiger charge is 2.33. The fraction of sp³-hybridized carbons (Fsp3) is 0.320. The summed E-state index contributed by atoms with van der Waals surface area (Å²) in [6, 6.07) is 11.7. The highest BCUT2D eigenvalue weighted by atomic mass is 32.1. The SMILES string of the molecule is Cc1csc([C@H]2CCCN2C(=O)c2cncc(-c3nnc([C@@](C)(N)Cc4ccccc4)o3)c2)n1. The number of likely N-dealkylation sites (tertiary alicyclic amines) is 1. The van der Waals surface area contributed by atoms with Gasteiger partial charge >= 0.3 is 0 Å². The zero-order valence-corrected chi connectivity index (χ0v) is 20.0. The van der Waals surface area contributed by atoms with Crippen LogP contribution < -0.4 is 5.73 Å². The minimum Gasteiger partial charge on any atom is -0.419 e. The molecule has 1 fully saturated rings. The summed E-state index contributed by atoms with van der Waals surface area (Å²) >= 11 is 1.60. The average molecular weight is 475 g/mol. The molecule has 4 heterocycles. The van der Waals surface area contributed by atoms with Gasteiger partial charge in [0.2, 0.25) is 11.8 Å². The van der Waals surface area contributed by atoms with Crippen molar-refractivity contribution < 1.29 is 9.21 Å². The van der Waals surface area contributed by atoms with Crippen molar-refractivity contribution in [2.45, 2.75) is 44.7 Å². The van der Waals surface area contributed by atoms with Gasteiger partial charge in [0.1, 0.15) is 5.01 Å². The molecule has 0 aliphatic carbocycles. The summed E-state index contributed by atoms with van der Waals surface area (Å²) in [6.07, 6.45) is 5.61. The minimum atomic E-state index is -0.831. The smallest absolute Gasteiger partial charge is 0.256 e. The lowest BCUT2D eigenvalue weighted by Crippen LogP contribution is -2.35. The van der Waals surface area contributed by atoms with Crippen LogP contribution in [0.5, 0.6) is 0 Å². The van der Waals surface area contributed by atoms with Gasteiger partial charge in [-0.05, 0) is 44.7 Å². The van der Waals surface area contributed by atoms with E-state index in [2.05, 4.69) is 20.2 Å². The number of rotatable bonds is 6. The number of benzene rings is 1. The van der Waals surface area contributed by atoms with E-state index < -0.39 is 5.54 Å². The Bertz CT molecular complexity index is 1300. The Hall–Kier alpha value is -3.43. The average Bonchev–Trinajstić information content (AvgIpc) is 3.59. The molecule has 3 aromatic heterocycles. The summed E-state index contributed by atoms with van der Waals surface area (Å²) in [5, 5.41) is 11.4. The van der Waals surface area contributed by atoms with E-state index in [1.807, 2.05) is 54.5 Å². The number of pyridine rings is 1. The second-order valence-electron chi connectivity index (χ2n) is 8.94. The van der Waals surface area contributed by atoms with E-state index in [9.17, 15) is 4.79 Å². The van der Waals surface area contributed by atoms with E-state index in [1.165, 1.54) is 0 Å². The van der Waals surface area contributed by atoms with E-state index in [-0.39, 0.29) is 17.8 Å². The first-order valence-electron chi connectivity index (χ1n) is 11.3. The lowest BCUT2D eigenvalue weighted by molar-refractivity contribution is 0.0735. The molecule has 1 aliphatic rings. The monoisotopic (exact) mass is 474 g/mol. The number of amides is 1. The maximum Gasteiger partial charge on any atom is 0.256 e. The normalized spacial score (nSPS) is 17.6. The molecule has 1 aromatic carbocycles. The molecular weight excluding hydrogens is 448 g/mol. The van der Waals surface area contributed by atoms with Crippen molar-refractivity contribution in [3.05, 3.63) is 81.9 Å². The van der Waals surface area contributed by atoms with Crippen molar-refractivity contribution in [1.29, 1.82) is 0 Å². The van der Waals surface area contributed by atoms with Crippen LogP contribution in [0.3, 0.4) is 0 Å². The standard InChI is InChI=1S/C25H26N6O2S/c1-16-15-34-22(28-16)20-9-6-10-31(20)23(32)19-11-18(13-27-14-19)21-29-30-24(33-21)25(2,26)12-17-7-4-3-5-8-17/h3-5,7-8,11,13-15,20H,6,9-10,12,26H2,1-2H3/t20-,25+/m1/s1. The Balaban J connectivity index is 1.36. The number of thiazole rings is 1. The summed E-state index contributed by atoms with van der Waals surface area (Å²) in [7, 11) is 0. The molecule has 0 saturated carbocycles. The molecule has 0 unspecified atom stereocenters. The first-order valence-corrected chi connectivity index (χ1v) is 12.1. The molecule has 8 nitrogen and oxygen atoms in total. The van der Waals surface area contributed by atoms with Crippen LogP contribution in [0.2, 0.25) is 0 Å². The predicted octanol–water partition coefficient (Wildman–Crippen LogP) is 4.29. The number of hydrogen-bond donors (Lipinski definition) is 1. The lowest BCUT2D eigenvalue weighted by Gasteiger charge is -2.23. The quantitative estimate of drug-likeness (QED) is 0.444. The molecule has 0 spiro atoms. The van der Waals surface area contributed by atoms with Gasteiger partial charge in [0, 0.05) is 30.0 Å². The second kappa shape index (κ2) is 9.08. The first-order chi connectivity index (χ1) is 16.4. The third-order valence-corrected chi connectivity index (χ3v) is 7.06. The van der Waals surface area contributed by atoms with Gasteiger partial charge in [-0.15, -0.1) is 21.5 Å². The third kappa shape index (κ3) is 4.49. The summed E-state index contributed by atoms with van der Waals surface area (Å²) in [4.78, 5) is 24.1. The van der Waals surface area contributed by atoms with Gasteiger partial charge in [-0.3, -0.25) is 9.78 Å². The van der Waals surface area contributed by atoms with Crippen LogP contribution in [0.15, 0.2) is 58.6 Å². The summed E-state index contributed by atoms with van der Waals surface area (Å²) in [5.41, 5.74) is 8.81. The third-order valence-electron chi connectivity index (χ3n) is 6.00. The molecule has 0 bridgehead atoms. The fourth-order valence-corrected chi connectivity index (χ4v) is 5.24. The van der Waals surface area contributed by atoms with Gasteiger partial charge in [0.25, 0.3) is 5.91 Å². The van der Waals surface area contributed by atoms with Crippen LogP contribution in [0.1, 0.15) is 58.3 Å². The van der Waals surface area contributed by atoms with Crippen molar-refractivity contribution in [2.75, 3.05) is 6.54 Å². The first kappa shape index (κ1) is 22.4. The van der Waals surface area contributed by atoms with Crippen molar-refractivity contribution in [2.24, 2.45) is 5.73 Å². The number of nitrogens with two attached hydrogens (primary N) is 1. The summed E-state index contributed by atoms with van der Waals surface area (Å²) < 4.78 is 5.94. The van der Waals surface area contributed by atoms with Crippen LogP contribution in [0.25, 0.3) is 11.5 Å². The topological polar surface area (TPSA) is 111 Å². The van der Waals surface area contributed by atoms with E-state index in [1.54, 1.807) is 29.8 Å². The van der Waals surface area contributed by atoms with Gasteiger partial charge in [-0.25, -0.2) is 4.98 Å². The maximum atomic E-state index is 13.4. The lowest BCUT2D eigenvalue weighted by atomic mass is 9.94. The van der Waals surface area contributed by atoms with E-state index in [0.717, 1.165) is 29.1 Å². The van der Waals surface area contributed by atoms with Crippen molar-refractivity contribution in [3.8, 4) is 11.5 Å². The molecule has 9 heteroatoms. The number of aryl methyl sites for hydroxylation is 1. The van der Waals surface area contributed by atoms with Gasteiger partial charge < -0.3 is 15.1 Å². The van der Waals surface area contributed by atoms with E-state index in [4.69, 9.17) is 10.2 Å². The van der Waals surface area contributed by atoms with Crippen molar-refractivity contribution in [1.82, 2.24) is 25.1 Å². The second-order valence-corrected chi connectivity index (χ2v) is 9.83. The predicted molar refractivity (Wildman–Crippen MR) is 129 cm³/mol. The zero-order valence-electron chi connectivity index (χ0n) is 19.1. The molecule has 4 aromatic rings.